The fourth-order valence-electron chi connectivity index (χ4n) is 2.88. The van der Waals surface area contributed by atoms with Crippen molar-refractivity contribution in [3.8, 4) is 0 Å². The first-order valence-electron chi connectivity index (χ1n) is 8.52. The first-order valence-corrected chi connectivity index (χ1v) is 10.9. The van der Waals surface area contributed by atoms with Gasteiger partial charge in [-0.2, -0.15) is 0 Å². The summed E-state index contributed by atoms with van der Waals surface area (Å²) in [7, 11) is 0. The van der Waals surface area contributed by atoms with E-state index in [1.54, 1.807) is 29.2 Å². The summed E-state index contributed by atoms with van der Waals surface area (Å²) in [5.74, 6) is -0.215. The van der Waals surface area contributed by atoms with Crippen LogP contribution in [-0.4, -0.2) is 43.5 Å². The lowest BCUT2D eigenvalue weighted by atomic mass is 10.2. The highest BCUT2D eigenvalue weighted by molar-refractivity contribution is 7.98. The number of thioether (sulfide) groups is 1. The minimum absolute atomic E-state index is 0.215. The molecule has 5 nitrogen and oxygen atoms in total. The zero-order chi connectivity index (χ0) is 18.8. The molecule has 2 aromatic carbocycles. The molecule has 0 aliphatic carbocycles. The van der Waals surface area contributed by atoms with Gasteiger partial charge in [-0.3, -0.25) is 4.79 Å². The number of nitrogens with one attached hydrogen (secondary N) is 1. The van der Waals surface area contributed by atoms with Gasteiger partial charge in [-0.05, 0) is 42.7 Å². The third-order valence-corrected chi connectivity index (χ3v) is 6.47. The average Bonchev–Trinajstić information content (AvgIpc) is 3.12. The normalized spacial score (nSPS) is 14.5. The maximum atomic E-state index is 12.7. The zero-order valence-corrected chi connectivity index (χ0v) is 17.1. The van der Waals surface area contributed by atoms with Gasteiger partial charge in [0.05, 0.1) is 34.0 Å². The first kappa shape index (κ1) is 18.6. The van der Waals surface area contributed by atoms with Crippen LogP contribution in [0.4, 0.5) is 10.8 Å². The summed E-state index contributed by atoms with van der Waals surface area (Å²) < 4.78 is 6.44. The van der Waals surface area contributed by atoms with Gasteiger partial charge in [-0.25, -0.2) is 4.98 Å². The third kappa shape index (κ3) is 4.06. The molecule has 1 aliphatic heterocycles. The molecule has 1 N–H and O–H groups in total. The number of benzene rings is 2. The van der Waals surface area contributed by atoms with Gasteiger partial charge in [0.1, 0.15) is 0 Å². The minimum Gasteiger partial charge on any atom is -0.378 e. The lowest BCUT2D eigenvalue weighted by molar-refractivity contribution is 0.102. The average molecular weight is 420 g/mol. The summed E-state index contributed by atoms with van der Waals surface area (Å²) in [6.45, 7) is 3.17. The molecule has 2 heterocycles. The van der Waals surface area contributed by atoms with E-state index in [1.165, 1.54) is 0 Å². The number of hydrogen-bond acceptors (Lipinski definition) is 6. The SMILES string of the molecule is CSc1ccc(Cl)c(C(=O)Nc2ccc3nc(N4CCOCC4)sc3c2)c1. The lowest BCUT2D eigenvalue weighted by Crippen LogP contribution is -2.36. The van der Waals surface area contributed by atoms with Crippen LogP contribution in [0.1, 0.15) is 10.4 Å². The van der Waals surface area contributed by atoms with Gasteiger partial charge >= 0.3 is 0 Å². The molecule has 8 heteroatoms. The van der Waals surface area contributed by atoms with E-state index in [1.807, 2.05) is 36.6 Å². The van der Waals surface area contributed by atoms with Gasteiger partial charge in [0.2, 0.25) is 0 Å². The van der Waals surface area contributed by atoms with Gasteiger partial charge in [0.25, 0.3) is 5.91 Å². The zero-order valence-electron chi connectivity index (χ0n) is 14.7. The topological polar surface area (TPSA) is 54.5 Å². The number of thiazole rings is 1. The standard InChI is InChI=1S/C19H18ClN3O2S2/c1-26-13-3-4-15(20)14(11-13)18(24)21-12-2-5-16-17(10-12)27-19(22-16)23-6-8-25-9-7-23/h2-5,10-11H,6-9H2,1H3,(H,21,24). The first-order chi connectivity index (χ1) is 13.1. The van der Waals surface area contributed by atoms with Crippen LogP contribution in [-0.2, 0) is 4.74 Å². The highest BCUT2D eigenvalue weighted by atomic mass is 35.5. The van der Waals surface area contributed by atoms with Crippen LogP contribution in [0.3, 0.4) is 0 Å². The molecule has 0 radical (unpaired) electrons. The molecule has 3 aromatic rings. The van der Waals surface area contributed by atoms with Crippen LogP contribution in [0, 0.1) is 0 Å². The summed E-state index contributed by atoms with van der Waals surface area (Å²) in [4.78, 5) is 20.6. The smallest absolute Gasteiger partial charge is 0.257 e. The molecule has 0 saturated carbocycles. The molecular weight excluding hydrogens is 402 g/mol. The number of halogens is 1. The number of aromatic nitrogens is 1. The summed E-state index contributed by atoms with van der Waals surface area (Å²) in [6, 6.07) is 11.2. The van der Waals surface area contributed by atoms with E-state index in [-0.39, 0.29) is 5.91 Å². The number of morpholine rings is 1. The Kier molecular flexibility index (Phi) is 5.54. The highest BCUT2D eigenvalue weighted by Gasteiger charge is 2.16. The number of fused-ring (bicyclic) bond motifs is 1. The largest absolute Gasteiger partial charge is 0.378 e. The third-order valence-electron chi connectivity index (χ3n) is 4.33. The van der Waals surface area contributed by atoms with E-state index >= 15 is 0 Å². The van der Waals surface area contributed by atoms with Gasteiger partial charge in [0.15, 0.2) is 5.13 Å². The highest BCUT2D eigenvalue weighted by Crippen LogP contribution is 2.31. The fourth-order valence-corrected chi connectivity index (χ4v) is 4.58. The minimum atomic E-state index is -0.215. The molecular formula is C19H18ClN3O2S2. The number of anilines is 2. The van der Waals surface area contributed by atoms with Gasteiger partial charge in [-0.15, -0.1) is 11.8 Å². The number of rotatable bonds is 4. The molecule has 27 heavy (non-hydrogen) atoms. The maximum absolute atomic E-state index is 12.7. The second kappa shape index (κ2) is 8.06. The monoisotopic (exact) mass is 419 g/mol. The van der Waals surface area contributed by atoms with Crippen LogP contribution in [0.15, 0.2) is 41.3 Å². The van der Waals surface area contributed by atoms with Gasteiger partial charge < -0.3 is 15.0 Å². The number of amides is 1. The van der Waals surface area contributed by atoms with Crippen molar-refractivity contribution >= 4 is 61.6 Å². The van der Waals surface area contributed by atoms with E-state index in [4.69, 9.17) is 21.3 Å². The lowest BCUT2D eigenvalue weighted by Gasteiger charge is -2.25. The van der Waals surface area contributed by atoms with Crippen molar-refractivity contribution in [2.45, 2.75) is 4.90 Å². The Morgan fingerprint density at radius 2 is 2.07 bits per heavy atom. The van der Waals surface area contributed by atoms with Crippen molar-refractivity contribution in [2.24, 2.45) is 0 Å². The van der Waals surface area contributed by atoms with E-state index in [0.717, 1.165) is 52.2 Å². The molecule has 1 aromatic heterocycles. The predicted molar refractivity (Wildman–Crippen MR) is 114 cm³/mol. The van der Waals surface area contributed by atoms with E-state index < -0.39 is 0 Å². The molecule has 0 atom stereocenters. The van der Waals surface area contributed by atoms with E-state index in [2.05, 4.69) is 10.2 Å². The van der Waals surface area contributed by atoms with E-state index in [0.29, 0.717) is 10.6 Å². The second-order valence-electron chi connectivity index (χ2n) is 6.08. The van der Waals surface area contributed by atoms with Crippen molar-refractivity contribution in [1.82, 2.24) is 4.98 Å². The molecule has 140 valence electrons. The van der Waals surface area contributed by atoms with Crippen molar-refractivity contribution in [1.29, 1.82) is 0 Å². The number of ether oxygens (including phenoxy) is 1. The van der Waals surface area contributed by atoms with Gasteiger partial charge in [0, 0.05) is 23.7 Å². The van der Waals surface area contributed by atoms with Crippen molar-refractivity contribution < 1.29 is 9.53 Å². The van der Waals surface area contributed by atoms with Gasteiger partial charge in [-0.1, -0.05) is 22.9 Å². The summed E-state index contributed by atoms with van der Waals surface area (Å²) in [5, 5.41) is 4.38. The molecule has 1 fully saturated rings. The Hall–Kier alpha value is -1.80. The molecule has 0 unspecified atom stereocenters. The maximum Gasteiger partial charge on any atom is 0.257 e. The fraction of sp³-hybridized carbons (Fsp3) is 0.263. The number of carbonyl (C=O) groups excluding carboxylic acids is 1. The van der Waals surface area contributed by atoms with Crippen LogP contribution in [0.2, 0.25) is 5.02 Å². The predicted octanol–water partition coefficient (Wildman–Crippen LogP) is 4.76. The molecule has 1 saturated heterocycles. The number of hydrogen-bond donors (Lipinski definition) is 1. The van der Waals surface area contributed by atoms with Crippen LogP contribution < -0.4 is 10.2 Å². The van der Waals surface area contributed by atoms with Crippen LogP contribution in [0.5, 0.6) is 0 Å². The Balaban J connectivity index is 1.56. The Morgan fingerprint density at radius 3 is 2.85 bits per heavy atom. The summed E-state index contributed by atoms with van der Waals surface area (Å²) in [6.07, 6.45) is 1.97. The molecule has 1 amide bonds. The summed E-state index contributed by atoms with van der Waals surface area (Å²) >= 11 is 9.41. The van der Waals surface area contributed by atoms with Crippen LogP contribution >= 0.6 is 34.7 Å². The number of carbonyl (C=O) groups is 1. The van der Waals surface area contributed by atoms with E-state index in [9.17, 15) is 4.79 Å². The molecule has 0 bridgehead atoms. The van der Waals surface area contributed by atoms with Crippen molar-refractivity contribution in [3.63, 3.8) is 0 Å². The van der Waals surface area contributed by atoms with Crippen LogP contribution in [0.25, 0.3) is 10.2 Å². The molecule has 1 aliphatic rings. The molecule has 0 spiro atoms. The van der Waals surface area contributed by atoms with Crippen molar-refractivity contribution in [2.75, 3.05) is 42.8 Å². The molecule has 4 rings (SSSR count). The Bertz CT molecular complexity index is 986. The Labute approximate surface area is 170 Å². The summed E-state index contributed by atoms with van der Waals surface area (Å²) in [5.41, 5.74) is 2.14. The second-order valence-corrected chi connectivity index (χ2v) is 8.37. The number of nitrogens with zero attached hydrogens (tertiary/aromatic N) is 2. The quantitative estimate of drug-likeness (QED) is 0.618. The van der Waals surface area contributed by atoms with Crippen molar-refractivity contribution in [3.05, 3.63) is 47.0 Å². The Morgan fingerprint density at radius 1 is 1.26 bits per heavy atom.